The summed E-state index contributed by atoms with van der Waals surface area (Å²) in [5.41, 5.74) is 3.04. The van der Waals surface area contributed by atoms with E-state index >= 15 is 0 Å². The number of hydrogen-bond acceptors (Lipinski definition) is 6. The zero-order valence-corrected chi connectivity index (χ0v) is 20.9. The Bertz CT molecular complexity index is 1140. The maximum atomic E-state index is 12.7. The number of para-hydroxylation sites is 1. The van der Waals surface area contributed by atoms with Crippen LogP contribution in [0.3, 0.4) is 0 Å². The van der Waals surface area contributed by atoms with Gasteiger partial charge in [-0.25, -0.2) is 8.42 Å². The number of amides is 1. The Kier molecular flexibility index (Phi) is 7.04. The molecule has 2 heterocycles. The molecular formula is C25H33N3O5S. The van der Waals surface area contributed by atoms with Crippen molar-refractivity contribution in [2.45, 2.75) is 32.8 Å². The molecule has 2 aromatic carbocycles. The first kappa shape index (κ1) is 24.3. The largest absolute Gasteiger partial charge is 0.483 e. The maximum Gasteiger partial charge on any atom is 0.257 e. The highest BCUT2D eigenvalue weighted by Gasteiger charge is 2.32. The lowest BCUT2D eigenvalue weighted by Gasteiger charge is -2.35. The van der Waals surface area contributed by atoms with Gasteiger partial charge in [-0.3, -0.25) is 4.79 Å². The van der Waals surface area contributed by atoms with E-state index in [2.05, 4.69) is 16.3 Å². The second-order valence-electron chi connectivity index (χ2n) is 9.46. The standard InChI is InChI=1S/C25H33N3O5S/c1-19-6-4-8-21(16-19)27-11-13-28(14-12-27)34(30,31)15-10-26-23(29)18-32-22-9-5-7-20-17-25(2,3)33-24(20)22/h4-9,16H,10-15,17-18H2,1-3H3,(H,26,29). The molecule has 0 atom stereocenters. The summed E-state index contributed by atoms with van der Waals surface area (Å²) in [5.74, 6) is 0.695. The second-order valence-corrected chi connectivity index (χ2v) is 11.6. The molecule has 0 saturated carbocycles. The summed E-state index contributed by atoms with van der Waals surface area (Å²) >= 11 is 0. The summed E-state index contributed by atoms with van der Waals surface area (Å²) in [6.07, 6.45) is 0.781. The Morgan fingerprint density at radius 3 is 2.59 bits per heavy atom. The van der Waals surface area contributed by atoms with Crippen molar-refractivity contribution >= 4 is 21.6 Å². The van der Waals surface area contributed by atoms with Crippen molar-refractivity contribution in [3.05, 3.63) is 53.6 Å². The Balaban J connectivity index is 1.21. The minimum Gasteiger partial charge on any atom is -0.483 e. The minimum atomic E-state index is -3.45. The van der Waals surface area contributed by atoms with Crippen molar-refractivity contribution in [2.75, 3.05) is 50.0 Å². The molecule has 1 fully saturated rings. The molecule has 0 radical (unpaired) electrons. The van der Waals surface area contributed by atoms with Gasteiger partial charge in [-0.1, -0.05) is 24.3 Å². The first-order chi connectivity index (χ1) is 16.1. The molecule has 184 valence electrons. The van der Waals surface area contributed by atoms with Gasteiger partial charge in [-0.2, -0.15) is 4.31 Å². The molecule has 1 N–H and O–H groups in total. The Hall–Kier alpha value is -2.78. The van der Waals surface area contributed by atoms with Crippen molar-refractivity contribution in [1.82, 2.24) is 9.62 Å². The number of nitrogens with one attached hydrogen (secondary N) is 1. The minimum absolute atomic E-state index is 0.0407. The van der Waals surface area contributed by atoms with E-state index in [9.17, 15) is 13.2 Å². The predicted octanol–water partition coefficient (Wildman–Crippen LogP) is 2.36. The average Bonchev–Trinajstić information content (AvgIpc) is 3.12. The van der Waals surface area contributed by atoms with Gasteiger partial charge in [0, 0.05) is 50.4 Å². The Morgan fingerprint density at radius 1 is 1.12 bits per heavy atom. The zero-order valence-electron chi connectivity index (χ0n) is 20.0. The van der Waals surface area contributed by atoms with Crippen LogP contribution in [-0.4, -0.2) is 69.3 Å². The summed E-state index contributed by atoms with van der Waals surface area (Å²) in [7, 11) is -3.45. The molecule has 9 heteroatoms. The van der Waals surface area contributed by atoms with Crippen LogP contribution in [0.2, 0.25) is 0 Å². The second kappa shape index (κ2) is 9.84. The predicted molar refractivity (Wildman–Crippen MR) is 132 cm³/mol. The first-order valence-electron chi connectivity index (χ1n) is 11.6. The molecule has 0 aromatic heterocycles. The fraction of sp³-hybridized carbons (Fsp3) is 0.480. The van der Waals surface area contributed by atoms with Crippen molar-refractivity contribution in [2.24, 2.45) is 0 Å². The van der Waals surface area contributed by atoms with Crippen LogP contribution in [0, 0.1) is 6.92 Å². The molecule has 2 aliphatic rings. The van der Waals surface area contributed by atoms with E-state index in [0.717, 1.165) is 17.7 Å². The highest BCUT2D eigenvalue weighted by atomic mass is 32.2. The number of benzene rings is 2. The highest BCUT2D eigenvalue weighted by Crippen LogP contribution is 2.41. The van der Waals surface area contributed by atoms with Gasteiger partial charge < -0.3 is 19.7 Å². The number of fused-ring (bicyclic) bond motifs is 1. The monoisotopic (exact) mass is 487 g/mol. The Morgan fingerprint density at radius 2 is 1.85 bits per heavy atom. The molecule has 4 rings (SSSR count). The smallest absolute Gasteiger partial charge is 0.257 e. The normalized spacial score (nSPS) is 17.7. The lowest BCUT2D eigenvalue weighted by molar-refractivity contribution is -0.122. The fourth-order valence-corrected chi connectivity index (χ4v) is 5.73. The van der Waals surface area contributed by atoms with Crippen LogP contribution in [0.15, 0.2) is 42.5 Å². The number of rotatable bonds is 8. The summed E-state index contributed by atoms with van der Waals surface area (Å²) in [6, 6.07) is 13.9. The molecule has 2 aromatic rings. The van der Waals surface area contributed by atoms with E-state index in [1.54, 1.807) is 6.07 Å². The van der Waals surface area contributed by atoms with Crippen molar-refractivity contribution < 1.29 is 22.7 Å². The zero-order chi connectivity index (χ0) is 24.3. The van der Waals surface area contributed by atoms with Gasteiger partial charge in [0.25, 0.3) is 5.91 Å². The fourth-order valence-electron chi connectivity index (χ4n) is 4.39. The molecule has 2 aliphatic heterocycles. The number of anilines is 1. The van der Waals surface area contributed by atoms with Gasteiger partial charge in [0.05, 0.1) is 5.75 Å². The molecule has 1 saturated heterocycles. The number of nitrogens with zero attached hydrogens (tertiary/aromatic N) is 2. The van der Waals surface area contributed by atoms with E-state index in [1.165, 1.54) is 9.87 Å². The molecular weight excluding hydrogens is 454 g/mol. The van der Waals surface area contributed by atoms with E-state index < -0.39 is 10.0 Å². The van der Waals surface area contributed by atoms with Crippen LogP contribution >= 0.6 is 0 Å². The third-order valence-corrected chi connectivity index (χ3v) is 7.97. The quantitative estimate of drug-likeness (QED) is 0.615. The van der Waals surface area contributed by atoms with Crippen LogP contribution < -0.4 is 19.7 Å². The lowest BCUT2D eigenvalue weighted by Crippen LogP contribution is -2.50. The van der Waals surface area contributed by atoms with Crippen LogP contribution in [0.25, 0.3) is 0 Å². The number of aryl methyl sites for hydroxylation is 1. The summed E-state index contributed by atoms with van der Waals surface area (Å²) in [6.45, 7) is 8.05. The highest BCUT2D eigenvalue weighted by molar-refractivity contribution is 7.89. The number of sulfonamides is 1. The number of hydrogen-bond donors (Lipinski definition) is 1. The molecule has 34 heavy (non-hydrogen) atoms. The van der Waals surface area contributed by atoms with Gasteiger partial charge in [-0.15, -0.1) is 0 Å². The molecule has 8 nitrogen and oxygen atoms in total. The topological polar surface area (TPSA) is 88.2 Å². The van der Waals surface area contributed by atoms with Crippen molar-refractivity contribution in [3.63, 3.8) is 0 Å². The van der Waals surface area contributed by atoms with E-state index in [0.29, 0.717) is 37.7 Å². The third kappa shape index (κ3) is 5.82. The van der Waals surface area contributed by atoms with Crippen molar-refractivity contribution in [3.8, 4) is 11.5 Å². The summed E-state index contributed by atoms with van der Waals surface area (Å²) < 4.78 is 38.6. The van der Waals surface area contributed by atoms with Gasteiger partial charge in [0.2, 0.25) is 10.0 Å². The number of carbonyl (C=O) groups excluding carboxylic acids is 1. The van der Waals surface area contributed by atoms with Gasteiger partial charge >= 0.3 is 0 Å². The number of ether oxygens (including phenoxy) is 2. The molecule has 0 unspecified atom stereocenters. The van der Waals surface area contributed by atoms with Gasteiger partial charge in [0.1, 0.15) is 5.60 Å². The van der Waals surface area contributed by atoms with Crippen LogP contribution in [-0.2, 0) is 21.2 Å². The number of carbonyl (C=O) groups is 1. The van der Waals surface area contributed by atoms with Gasteiger partial charge in [-0.05, 0) is 44.5 Å². The third-order valence-electron chi connectivity index (χ3n) is 6.09. The summed E-state index contributed by atoms with van der Waals surface area (Å²) in [4.78, 5) is 14.4. The first-order valence-corrected chi connectivity index (χ1v) is 13.2. The van der Waals surface area contributed by atoms with E-state index in [1.807, 2.05) is 51.1 Å². The van der Waals surface area contributed by atoms with E-state index in [-0.39, 0.29) is 30.4 Å². The number of piperazine rings is 1. The average molecular weight is 488 g/mol. The van der Waals surface area contributed by atoms with Crippen LogP contribution in [0.4, 0.5) is 5.69 Å². The SMILES string of the molecule is Cc1cccc(N2CCN(S(=O)(=O)CCNC(=O)COc3cccc4c3OC(C)(C)C4)CC2)c1. The molecule has 0 aliphatic carbocycles. The van der Waals surface area contributed by atoms with E-state index in [4.69, 9.17) is 9.47 Å². The lowest BCUT2D eigenvalue weighted by atomic mass is 10.0. The maximum absolute atomic E-state index is 12.7. The molecule has 1 amide bonds. The molecule has 0 bridgehead atoms. The van der Waals surface area contributed by atoms with Crippen molar-refractivity contribution in [1.29, 1.82) is 0 Å². The molecule has 0 spiro atoms. The summed E-state index contributed by atoms with van der Waals surface area (Å²) in [5, 5.41) is 2.65. The van der Waals surface area contributed by atoms with Gasteiger partial charge in [0.15, 0.2) is 18.1 Å². The Labute approximate surface area is 201 Å². The van der Waals surface area contributed by atoms with Crippen LogP contribution in [0.5, 0.6) is 11.5 Å². The van der Waals surface area contributed by atoms with Crippen LogP contribution in [0.1, 0.15) is 25.0 Å².